The van der Waals surface area contributed by atoms with E-state index in [9.17, 15) is 14.4 Å². The van der Waals surface area contributed by atoms with Gasteiger partial charge in [0.15, 0.2) is 5.69 Å². The molecule has 2 aromatic rings. The maximum Gasteiger partial charge on any atom is 0.290 e. The highest BCUT2D eigenvalue weighted by molar-refractivity contribution is 6.02. The number of imidazole rings is 1. The van der Waals surface area contributed by atoms with Crippen LogP contribution < -0.4 is 5.32 Å². The molecule has 8 nitrogen and oxygen atoms in total. The summed E-state index contributed by atoms with van der Waals surface area (Å²) >= 11 is 0. The van der Waals surface area contributed by atoms with Gasteiger partial charge in [-0.05, 0) is 24.5 Å². The number of carbonyl (C=O) groups is 3. The Balaban J connectivity index is 1.83. The minimum absolute atomic E-state index is 0.221. The second-order valence-corrected chi connectivity index (χ2v) is 7.11. The van der Waals surface area contributed by atoms with Gasteiger partial charge in [-0.3, -0.25) is 18.8 Å². The third kappa shape index (κ3) is 4.10. The molecular weight excluding hydrogens is 346 g/mol. The van der Waals surface area contributed by atoms with Gasteiger partial charge in [0.05, 0.1) is 5.52 Å². The van der Waals surface area contributed by atoms with Crippen molar-refractivity contribution >= 4 is 23.7 Å². The molecule has 3 amide bonds. The number of pyridine rings is 1. The molecule has 0 unspecified atom stereocenters. The largest absolute Gasteiger partial charge is 0.351 e. The van der Waals surface area contributed by atoms with E-state index in [0.29, 0.717) is 44.2 Å². The number of hydrogen-bond donors (Lipinski definition) is 1. The zero-order valence-corrected chi connectivity index (χ0v) is 15.7. The Morgan fingerprint density at radius 2 is 1.96 bits per heavy atom. The fourth-order valence-corrected chi connectivity index (χ4v) is 3.09. The zero-order valence-electron chi connectivity index (χ0n) is 15.7. The van der Waals surface area contributed by atoms with Gasteiger partial charge in [-0.25, -0.2) is 4.98 Å². The molecule has 2 aromatic heterocycles. The van der Waals surface area contributed by atoms with Gasteiger partial charge in [0.25, 0.3) is 11.8 Å². The SMILES string of the molecule is CC(C)CCNC(=O)c1nc(C(=O)N2CCN(C=O)CC2)n2ccccc12. The molecule has 1 aliphatic rings. The molecule has 8 heteroatoms. The molecular formula is C19H25N5O3. The van der Waals surface area contributed by atoms with E-state index in [1.54, 1.807) is 32.5 Å². The first kappa shape index (κ1) is 18.9. The molecule has 0 radical (unpaired) electrons. The summed E-state index contributed by atoms with van der Waals surface area (Å²) < 4.78 is 1.66. The fraction of sp³-hybridized carbons (Fsp3) is 0.474. The molecule has 0 atom stereocenters. The van der Waals surface area contributed by atoms with Gasteiger partial charge < -0.3 is 15.1 Å². The summed E-state index contributed by atoms with van der Waals surface area (Å²) in [7, 11) is 0. The Morgan fingerprint density at radius 3 is 2.63 bits per heavy atom. The lowest BCUT2D eigenvalue weighted by Gasteiger charge is -2.32. The maximum atomic E-state index is 13.0. The van der Waals surface area contributed by atoms with Crippen molar-refractivity contribution in [1.29, 1.82) is 0 Å². The van der Waals surface area contributed by atoms with Crippen LogP contribution in [0.15, 0.2) is 24.4 Å². The molecule has 0 bridgehead atoms. The van der Waals surface area contributed by atoms with Crippen molar-refractivity contribution in [2.45, 2.75) is 20.3 Å². The van der Waals surface area contributed by atoms with E-state index in [1.807, 2.05) is 6.07 Å². The molecule has 144 valence electrons. The minimum atomic E-state index is -0.274. The number of aromatic nitrogens is 2. The first-order chi connectivity index (χ1) is 13.0. The smallest absolute Gasteiger partial charge is 0.290 e. The van der Waals surface area contributed by atoms with E-state index in [2.05, 4.69) is 24.1 Å². The summed E-state index contributed by atoms with van der Waals surface area (Å²) in [6, 6.07) is 5.40. The Bertz CT molecular complexity index is 837. The predicted octanol–water partition coefficient (Wildman–Crippen LogP) is 1.02. The average molecular weight is 371 g/mol. The number of amides is 3. The predicted molar refractivity (Wildman–Crippen MR) is 101 cm³/mol. The van der Waals surface area contributed by atoms with Crippen molar-refractivity contribution in [2.24, 2.45) is 5.92 Å². The summed E-state index contributed by atoms with van der Waals surface area (Å²) in [5.41, 5.74) is 0.864. The van der Waals surface area contributed by atoms with Crippen molar-refractivity contribution in [2.75, 3.05) is 32.7 Å². The van der Waals surface area contributed by atoms with Crippen molar-refractivity contribution in [3.05, 3.63) is 35.9 Å². The van der Waals surface area contributed by atoms with Crippen molar-refractivity contribution in [1.82, 2.24) is 24.5 Å². The lowest BCUT2D eigenvalue weighted by molar-refractivity contribution is -0.119. The molecule has 0 aromatic carbocycles. The normalized spacial score (nSPS) is 14.6. The van der Waals surface area contributed by atoms with Crippen LogP contribution in [-0.2, 0) is 4.79 Å². The molecule has 1 fully saturated rings. The summed E-state index contributed by atoms with van der Waals surface area (Å²) in [6.45, 7) is 6.67. The van der Waals surface area contributed by atoms with Crippen molar-refractivity contribution in [3.8, 4) is 0 Å². The molecule has 1 aliphatic heterocycles. The van der Waals surface area contributed by atoms with E-state index in [-0.39, 0.29) is 23.3 Å². The summed E-state index contributed by atoms with van der Waals surface area (Å²) in [4.78, 5) is 44.1. The van der Waals surface area contributed by atoms with Crippen LogP contribution in [0.4, 0.5) is 0 Å². The first-order valence-corrected chi connectivity index (χ1v) is 9.25. The van der Waals surface area contributed by atoms with Gasteiger partial charge >= 0.3 is 0 Å². The molecule has 0 spiro atoms. The quantitative estimate of drug-likeness (QED) is 0.768. The van der Waals surface area contributed by atoms with E-state index < -0.39 is 0 Å². The van der Waals surface area contributed by atoms with Gasteiger partial charge in [0.2, 0.25) is 12.2 Å². The van der Waals surface area contributed by atoms with Crippen LogP contribution in [0.3, 0.4) is 0 Å². The van der Waals surface area contributed by atoms with Crippen LogP contribution in [0.25, 0.3) is 5.52 Å². The summed E-state index contributed by atoms with van der Waals surface area (Å²) in [6.07, 6.45) is 3.42. The van der Waals surface area contributed by atoms with Gasteiger partial charge in [0.1, 0.15) is 0 Å². The third-order valence-electron chi connectivity index (χ3n) is 4.71. The standard InChI is InChI=1S/C19H25N5O3/c1-14(2)6-7-20-18(26)16-15-5-3-4-8-24(15)17(21-16)19(27)23-11-9-22(13-25)10-12-23/h3-5,8,13-14H,6-7,9-12H2,1-2H3,(H,20,26). The number of carbonyl (C=O) groups excluding carboxylic acids is 3. The van der Waals surface area contributed by atoms with Gasteiger partial charge in [0, 0.05) is 38.9 Å². The number of fused-ring (bicyclic) bond motifs is 1. The van der Waals surface area contributed by atoms with E-state index in [0.717, 1.165) is 12.8 Å². The number of nitrogens with zero attached hydrogens (tertiary/aromatic N) is 4. The molecule has 27 heavy (non-hydrogen) atoms. The second kappa shape index (κ2) is 8.20. The summed E-state index contributed by atoms with van der Waals surface area (Å²) in [5, 5.41) is 2.88. The highest BCUT2D eigenvalue weighted by Crippen LogP contribution is 2.16. The van der Waals surface area contributed by atoms with E-state index >= 15 is 0 Å². The number of rotatable bonds is 6. The highest BCUT2D eigenvalue weighted by Gasteiger charge is 2.27. The van der Waals surface area contributed by atoms with Crippen LogP contribution in [-0.4, -0.2) is 70.1 Å². The third-order valence-corrected chi connectivity index (χ3v) is 4.71. The first-order valence-electron chi connectivity index (χ1n) is 9.25. The Morgan fingerprint density at radius 1 is 1.22 bits per heavy atom. The molecule has 1 saturated heterocycles. The lowest BCUT2D eigenvalue weighted by Crippen LogP contribution is -2.48. The van der Waals surface area contributed by atoms with Crippen LogP contribution >= 0.6 is 0 Å². The molecule has 0 aliphatic carbocycles. The monoisotopic (exact) mass is 371 g/mol. The van der Waals surface area contributed by atoms with Gasteiger partial charge in [-0.2, -0.15) is 0 Å². The fourth-order valence-electron chi connectivity index (χ4n) is 3.09. The van der Waals surface area contributed by atoms with Crippen LogP contribution in [0.2, 0.25) is 0 Å². The highest BCUT2D eigenvalue weighted by atomic mass is 16.2. The molecule has 3 heterocycles. The van der Waals surface area contributed by atoms with Crippen molar-refractivity contribution < 1.29 is 14.4 Å². The molecule has 0 saturated carbocycles. The summed E-state index contributed by atoms with van der Waals surface area (Å²) in [5.74, 6) is 0.206. The van der Waals surface area contributed by atoms with Crippen molar-refractivity contribution in [3.63, 3.8) is 0 Å². The Labute approximate surface area is 158 Å². The van der Waals surface area contributed by atoms with Crippen LogP contribution in [0.1, 0.15) is 41.4 Å². The molecule has 1 N–H and O–H groups in total. The lowest BCUT2D eigenvalue weighted by atomic mass is 10.1. The second-order valence-electron chi connectivity index (χ2n) is 7.11. The van der Waals surface area contributed by atoms with Gasteiger partial charge in [-0.1, -0.05) is 19.9 Å². The zero-order chi connectivity index (χ0) is 19.4. The molecule has 3 rings (SSSR count). The van der Waals surface area contributed by atoms with Crippen LogP contribution in [0, 0.1) is 5.92 Å². The minimum Gasteiger partial charge on any atom is -0.351 e. The van der Waals surface area contributed by atoms with E-state index in [1.165, 1.54) is 0 Å². The Kier molecular flexibility index (Phi) is 5.73. The maximum absolute atomic E-state index is 13.0. The number of nitrogens with one attached hydrogen (secondary N) is 1. The Hall–Kier alpha value is -2.90. The average Bonchev–Trinajstić information content (AvgIpc) is 3.07. The topological polar surface area (TPSA) is 87.0 Å². The number of piperazine rings is 1. The van der Waals surface area contributed by atoms with E-state index in [4.69, 9.17) is 0 Å². The number of hydrogen-bond acceptors (Lipinski definition) is 4. The van der Waals surface area contributed by atoms with Gasteiger partial charge in [-0.15, -0.1) is 0 Å². The van der Waals surface area contributed by atoms with Crippen LogP contribution in [0.5, 0.6) is 0 Å².